The van der Waals surface area contributed by atoms with Crippen molar-refractivity contribution in [1.82, 2.24) is 0 Å². The van der Waals surface area contributed by atoms with Crippen LogP contribution in [0.2, 0.25) is 0 Å². The minimum Gasteiger partial charge on any atom is -0.405 e. The number of ether oxygens (including phenoxy) is 2. The minimum absolute atomic E-state index is 0.0675. The van der Waals surface area contributed by atoms with Crippen molar-refractivity contribution in [1.29, 1.82) is 0 Å². The van der Waals surface area contributed by atoms with Crippen molar-refractivity contribution >= 4 is 0 Å². The molecule has 0 atom stereocenters. The van der Waals surface area contributed by atoms with E-state index in [4.69, 9.17) is 0 Å². The third kappa shape index (κ3) is 4.87. The van der Waals surface area contributed by atoms with E-state index in [1.165, 1.54) is 12.1 Å². The van der Waals surface area contributed by atoms with E-state index in [2.05, 4.69) is 9.47 Å². The van der Waals surface area contributed by atoms with Crippen molar-refractivity contribution < 1.29 is 35.8 Å². The lowest BCUT2D eigenvalue weighted by Gasteiger charge is -2.14. The normalized spacial score (nSPS) is 12.1. The van der Waals surface area contributed by atoms with Crippen molar-refractivity contribution in [2.45, 2.75) is 12.7 Å². The van der Waals surface area contributed by atoms with Gasteiger partial charge in [-0.1, -0.05) is 30.3 Å². The minimum atomic E-state index is -5.05. The summed E-state index contributed by atoms with van der Waals surface area (Å²) < 4.78 is 80.7. The van der Waals surface area contributed by atoms with E-state index in [0.29, 0.717) is 5.56 Å². The Hall–Kier alpha value is -2.38. The second kappa shape index (κ2) is 5.78. The van der Waals surface area contributed by atoms with Crippen LogP contribution in [0.5, 0.6) is 11.5 Å². The Morgan fingerprint density at radius 1 is 0.682 bits per heavy atom. The molecular weight excluding hydrogens is 314 g/mol. The zero-order valence-corrected chi connectivity index (χ0v) is 10.6. The third-order valence-electron chi connectivity index (χ3n) is 2.38. The highest BCUT2D eigenvalue weighted by atomic mass is 19.4. The van der Waals surface area contributed by atoms with Gasteiger partial charge in [0.1, 0.15) is 11.5 Å². The fourth-order valence-electron chi connectivity index (χ4n) is 1.67. The molecule has 0 aliphatic heterocycles. The summed E-state index contributed by atoms with van der Waals surface area (Å²) in [6, 6.07) is 11.5. The zero-order chi connectivity index (χ0) is 16.4. The van der Waals surface area contributed by atoms with Crippen molar-refractivity contribution in [3.63, 3.8) is 0 Å². The first-order chi connectivity index (χ1) is 10.1. The van der Waals surface area contributed by atoms with Gasteiger partial charge in [-0.05, 0) is 23.3 Å². The van der Waals surface area contributed by atoms with Crippen LogP contribution in [0.15, 0.2) is 42.5 Å². The molecule has 0 aliphatic rings. The average Bonchev–Trinajstić information content (AvgIpc) is 2.35. The van der Waals surface area contributed by atoms with Crippen molar-refractivity contribution in [3.8, 4) is 22.6 Å². The summed E-state index contributed by atoms with van der Waals surface area (Å²) in [6.07, 6.45) is -10.1. The van der Waals surface area contributed by atoms with Crippen LogP contribution in [0.4, 0.5) is 26.3 Å². The lowest BCUT2D eigenvalue weighted by atomic mass is 10.1. The lowest BCUT2D eigenvalue weighted by molar-refractivity contribution is -0.276. The molecule has 1 radical (unpaired) electrons. The first kappa shape index (κ1) is 16.0. The van der Waals surface area contributed by atoms with E-state index in [0.717, 1.165) is 12.1 Å². The predicted molar refractivity (Wildman–Crippen MR) is 64.1 cm³/mol. The lowest BCUT2D eigenvalue weighted by Crippen LogP contribution is -2.19. The first-order valence-corrected chi connectivity index (χ1v) is 5.77. The second-order valence-corrected chi connectivity index (χ2v) is 4.06. The summed E-state index contributed by atoms with van der Waals surface area (Å²) in [6.45, 7) is 0. The van der Waals surface area contributed by atoms with E-state index >= 15 is 0 Å². The van der Waals surface area contributed by atoms with Gasteiger partial charge in [0.05, 0.1) is 6.07 Å². The van der Waals surface area contributed by atoms with Crippen LogP contribution in [0, 0.1) is 6.07 Å². The molecule has 0 bridgehead atoms. The standard InChI is InChI=1S/C14H7F6O2/c15-13(16,17)21-11-6-10(9-4-2-1-3-5-9)7-12(8-11)22-14(18,19)20/h1-7H. The quantitative estimate of drug-likeness (QED) is 0.745. The first-order valence-electron chi connectivity index (χ1n) is 5.77. The molecule has 8 heteroatoms. The van der Waals surface area contributed by atoms with Crippen LogP contribution in [-0.2, 0) is 0 Å². The summed E-state index contributed by atoms with van der Waals surface area (Å²) >= 11 is 0. The average molecular weight is 321 g/mol. The molecule has 0 fully saturated rings. The number of hydrogen-bond donors (Lipinski definition) is 0. The molecule has 0 saturated carbocycles. The summed E-state index contributed by atoms with van der Waals surface area (Å²) in [5.74, 6) is -1.85. The molecule has 0 unspecified atom stereocenters. The molecule has 2 rings (SSSR count). The van der Waals surface area contributed by atoms with Gasteiger partial charge in [-0.15, -0.1) is 26.3 Å². The number of hydrogen-bond acceptors (Lipinski definition) is 2. The van der Waals surface area contributed by atoms with E-state index in [1.807, 2.05) is 0 Å². The van der Waals surface area contributed by atoms with Gasteiger partial charge in [-0.3, -0.25) is 0 Å². The molecule has 0 heterocycles. The summed E-state index contributed by atoms with van der Waals surface area (Å²) in [7, 11) is 0. The van der Waals surface area contributed by atoms with Crippen LogP contribution in [0.1, 0.15) is 0 Å². The van der Waals surface area contributed by atoms with E-state index in [-0.39, 0.29) is 5.56 Å². The van der Waals surface area contributed by atoms with E-state index < -0.39 is 24.2 Å². The van der Waals surface area contributed by atoms with Crippen molar-refractivity contribution in [2.24, 2.45) is 0 Å². The third-order valence-corrected chi connectivity index (χ3v) is 2.38. The topological polar surface area (TPSA) is 18.5 Å². The maximum Gasteiger partial charge on any atom is 0.573 e. The fraction of sp³-hybridized carbons (Fsp3) is 0.143. The molecule has 0 amide bonds. The van der Waals surface area contributed by atoms with Crippen LogP contribution < -0.4 is 9.47 Å². The highest BCUT2D eigenvalue weighted by molar-refractivity contribution is 5.66. The van der Waals surface area contributed by atoms with Crippen LogP contribution in [-0.4, -0.2) is 12.7 Å². The molecule has 0 aliphatic carbocycles. The summed E-state index contributed by atoms with van der Waals surface area (Å²) in [4.78, 5) is 0. The highest BCUT2D eigenvalue weighted by Gasteiger charge is 2.34. The SMILES string of the molecule is FC(F)(F)Oc1[c]c(OC(F)(F)F)cc(-c2ccccc2)c1. The Morgan fingerprint density at radius 3 is 1.55 bits per heavy atom. The van der Waals surface area contributed by atoms with Gasteiger partial charge in [0, 0.05) is 0 Å². The van der Waals surface area contributed by atoms with Gasteiger partial charge in [0.25, 0.3) is 0 Å². The molecular formula is C14H7F6O2. The zero-order valence-electron chi connectivity index (χ0n) is 10.6. The molecule has 2 aromatic carbocycles. The largest absolute Gasteiger partial charge is 0.573 e. The molecule has 117 valence electrons. The van der Waals surface area contributed by atoms with E-state index in [9.17, 15) is 26.3 Å². The Balaban J connectivity index is 2.44. The van der Waals surface area contributed by atoms with Crippen molar-refractivity contribution in [2.75, 3.05) is 0 Å². The Labute approximate surface area is 120 Å². The van der Waals surface area contributed by atoms with Gasteiger partial charge < -0.3 is 9.47 Å². The molecule has 0 saturated heterocycles. The van der Waals surface area contributed by atoms with Crippen LogP contribution in [0.25, 0.3) is 11.1 Å². The molecule has 0 N–H and O–H groups in total. The maximum absolute atomic E-state index is 12.2. The van der Waals surface area contributed by atoms with Gasteiger partial charge in [0.2, 0.25) is 0 Å². The van der Waals surface area contributed by atoms with Crippen LogP contribution in [0.3, 0.4) is 0 Å². The van der Waals surface area contributed by atoms with Crippen LogP contribution >= 0.6 is 0 Å². The summed E-state index contributed by atoms with van der Waals surface area (Å²) in [5, 5.41) is 0. The van der Waals surface area contributed by atoms with Gasteiger partial charge in [-0.25, -0.2) is 0 Å². The number of benzene rings is 2. The molecule has 0 aromatic heterocycles. The Bertz CT molecular complexity index is 600. The number of rotatable bonds is 3. The van der Waals surface area contributed by atoms with Gasteiger partial charge in [-0.2, -0.15) is 0 Å². The Kier molecular flexibility index (Phi) is 4.20. The molecule has 2 aromatic rings. The fourth-order valence-corrected chi connectivity index (χ4v) is 1.67. The number of alkyl halides is 6. The maximum atomic E-state index is 12.2. The molecule has 0 spiro atoms. The summed E-state index contributed by atoms with van der Waals surface area (Å²) in [5.41, 5.74) is 0.466. The predicted octanol–water partition coefficient (Wildman–Crippen LogP) is 4.95. The van der Waals surface area contributed by atoms with Gasteiger partial charge >= 0.3 is 12.7 Å². The monoisotopic (exact) mass is 321 g/mol. The highest BCUT2D eigenvalue weighted by Crippen LogP contribution is 2.34. The van der Waals surface area contributed by atoms with E-state index in [1.54, 1.807) is 24.3 Å². The van der Waals surface area contributed by atoms with Crippen molar-refractivity contribution in [3.05, 3.63) is 48.5 Å². The van der Waals surface area contributed by atoms with Gasteiger partial charge in [0.15, 0.2) is 0 Å². The smallest absolute Gasteiger partial charge is 0.405 e. The molecule has 2 nitrogen and oxygen atoms in total. The number of halogens is 6. The Morgan fingerprint density at radius 2 is 1.14 bits per heavy atom. The second-order valence-electron chi connectivity index (χ2n) is 4.06. The molecule has 22 heavy (non-hydrogen) atoms.